The van der Waals surface area contributed by atoms with E-state index in [0.717, 1.165) is 58.0 Å². The third-order valence-electron chi connectivity index (χ3n) is 5.09. The molecule has 2 fully saturated rings. The molecule has 0 saturated carbocycles. The van der Waals surface area contributed by atoms with E-state index in [-0.39, 0.29) is 11.8 Å². The van der Waals surface area contributed by atoms with Crippen molar-refractivity contribution in [2.45, 2.75) is 52.0 Å². The van der Waals surface area contributed by atoms with Crippen LogP contribution in [0.5, 0.6) is 0 Å². The highest BCUT2D eigenvalue weighted by atomic mass is 32.2. The number of guanidine groups is 1. The van der Waals surface area contributed by atoms with E-state index < -0.39 is 10.0 Å². The lowest BCUT2D eigenvalue weighted by molar-refractivity contribution is 0.0893. The summed E-state index contributed by atoms with van der Waals surface area (Å²) in [4.78, 5) is 4.63. The Hall–Kier alpha value is -0.900. The predicted molar refractivity (Wildman–Crippen MR) is 112 cm³/mol. The van der Waals surface area contributed by atoms with Gasteiger partial charge in [-0.15, -0.1) is 0 Å². The van der Waals surface area contributed by atoms with Crippen LogP contribution in [-0.2, 0) is 19.5 Å². The van der Waals surface area contributed by atoms with E-state index in [4.69, 9.17) is 9.47 Å². The molecule has 0 radical (unpaired) electrons. The first-order chi connectivity index (χ1) is 13.5. The molecule has 2 aliphatic heterocycles. The zero-order valence-corrected chi connectivity index (χ0v) is 18.3. The molecule has 164 valence electrons. The monoisotopic (exact) mass is 418 g/mol. The van der Waals surface area contributed by atoms with Crippen LogP contribution in [0, 0.1) is 5.92 Å². The number of hydrogen-bond donors (Lipinski definition) is 2. The zero-order valence-electron chi connectivity index (χ0n) is 17.5. The summed E-state index contributed by atoms with van der Waals surface area (Å²) >= 11 is 0. The quantitative estimate of drug-likeness (QED) is 0.297. The normalized spacial score (nSPS) is 22.5. The number of hydrogen-bond acceptors (Lipinski definition) is 5. The highest BCUT2D eigenvalue weighted by Crippen LogP contribution is 2.15. The average Bonchev–Trinajstić information content (AvgIpc) is 3.18. The molecule has 2 rings (SSSR count). The van der Waals surface area contributed by atoms with Gasteiger partial charge in [0.2, 0.25) is 10.0 Å². The van der Waals surface area contributed by atoms with Crippen molar-refractivity contribution in [3.05, 3.63) is 0 Å². The van der Waals surface area contributed by atoms with Crippen LogP contribution >= 0.6 is 0 Å². The van der Waals surface area contributed by atoms with E-state index >= 15 is 0 Å². The van der Waals surface area contributed by atoms with E-state index in [1.54, 1.807) is 4.31 Å². The Kier molecular flexibility index (Phi) is 10.5. The molecule has 0 aromatic heterocycles. The van der Waals surface area contributed by atoms with Gasteiger partial charge in [0.25, 0.3) is 0 Å². The van der Waals surface area contributed by atoms with Gasteiger partial charge in [-0.2, -0.15) is 0 Å². The number of nitrogens with one attached hydrogen (secondary N) is 2. The molecule has 2 aliphatic rings. The van der Waals surface area contributed by atoms with Crippen LogP contribution in [0.3, 0.4) is 0 Å². The van der Waals surface area contributed by atoms with Crippen LogP contribution in [0.25, 0.3) is 0 Å². The van der Waals surface area contributed by atoms with E-state index in [1.165, 1.54) is 0 Å². The third-order valence-corrected chi connectivity index (χ3v) is 7.16. The molecule has 9 heteroatoms. The number of rotatable bonds is 11. The lowest BCUT2D eigenvalue weighted by Crippen LogP contribution is -2.50. The molecular weight excluding hydrogens is 380 g/mol. The molecule has 1 atom stereocenters. The van der Waals surface area contributed by atoms with Gasteiger partial charge >= 0.3 is 0 Å². The number of ether oxygens (including phenoxy) is 2. The fourth-order valence-corrected chi connectivity index (χ4v) is 5.04. The molecule has 2 N–H and O–H groups in total. The maximum Gasteiger partial charge on any atom is 0.214 e. The SMILES string of the molecule is CCCS(=O)(=O)N1CCC(NC(=NCCCOCC2CCOC2)NCC)CC1. The minimum absolute atomic E-state index is 0.241. The molecule has 8 nitrogen and oxygen atoms in total. The summed E-state index contributed by atoms with van der Waals surface area (Å²) in [5.74, 6) is 1.60. The van der Waals surface area contributed by atoms with Crippen molar-refractivity contribution < 1.29 is 17.9 Å². The first-order valence-electron chi connectivity index (χ1n) is 10.7. The average molecular weight is 419 g/mol. The van der Waals surface area contributed by atoms with Gasteiger partial charge in [0.15, 0.2) is 5.96 Å². The summed E-state index contributed by atoms with van der Waals surface area (Å²) in [6.07, 6.45) is 4.26. The van der Waals surface area contributed by atoms with Crippen molar-refractivity contribution >= 4 is 16.0 Å². The molecule has 0 amide bonds. The van der Waals surface area contributed by atoms with Gasteiger partial charge in [-0.05, 0) is 39.0 Å². The van der Waals surface area contributed by atoms with Gasteiger partial charge in [-0.1, -0.05) is 6.92 Å². The summed E-state index contributed by atoms with van der Waals surface area (Å²) in [5, 5.41) is 6.73. The second kappa shape index (κ2) is 12.6. The minimum atomic E-state index is -3.09. The fourth-order valence-electron chi connectivity index (χ4n) is 3.50. The summed E-state index contributed by atoms with van der Waals surface area (Å²) in [6.45, 7) is 9.80. The van der Waals surface area contributed by atoms with E-state index in [1.807, 2.05) is 13.8 Å². The highest BCUT2D eigenvalue weighted by molar-refractivity contribution is 7.89. The Bertz CT molecular complexity index is 556. The molecule has 0 bridgehead atoms. The van der Waals surface area contributed by atoms with Gasteiger partial charge in [0.05, 0.1) is 19.0 Å². The molecule has 28 heavy (non-hydrogen) atoms. The van der Waals surface area contributed by atoms with Crippen LogP contribution in [0.2, 0.25) is 0 Å². The van der Waals surface area contributed by atoms with Crippen molar-refractivity contribution in [2.24, 2.45) is 10.9 Å². The highest BCUT2D eigenvalue weighted by Gasteiger charge is 2.27. The van der Waals surface area contributed by atoms with Crippen molar-refractivity contribution in [1.29, 1.82) is 0 Å². The lowest BCUT2D eigenvalue weighted by atomic mass is 10.1. The van der Waals surface area contributed by atoms with E-state index in [2.05, 4.69) is 15.6 Å². The van der Waals surface area contributed by atoms with E-state index in [0.29, 0.717) is 38.6 Å². The van der Waals surface area contributed by atoms with Gasteiger partial charge < -0.3 is 20.1 Å². The number of piperidine rings is 1. The number of nitrogens with zero attached hydrogens (tertiary/aromatic N) is 2. The van der Waals surface area contributed by atoms with Crippen molar-refractivity contribution in [1.82, 2.24) is 14.9 Å². The first-order valence-corrected chi connectivity index (χ1v) is 12.3. The summed E-state index contributed by atoms with van der Waals surface area (Å²) in [5.41, 5.74) is 0. The Morgan fingerprint density at radius 3 is 2.68 bits per heavy atom. The van der Waals surface area contributed by atoms with Gasteiger partial charge in [0, 0.05) is 51.4 Å². The van der Waals surface area contributed by atoms with Crippen LogP contribution in [0.15, 0.2) is 4.99 Å². The van der Waals surface area contributed by atoms with Crippen molar-refractivity contribution in [3.8, 4) is 0 Å². The van der Waals surface area contributed by atoms with Crippen molar-refractivity contribution in [3.63, 3.8) is 0 Å². The molecule has 1 unspecified atom stereocenters. The summed E-state index contributed by atoms with van der Waals surface area (Å²) in [7, 11) is -3.09. The topological polar surface area (TPSA) is 92.3 Å². The van der Waals surface area contributed by atoms with Gasteiger partial charge in [-0.3, -0.25) is 4.99 Å². The fraction of sp³-hybridized carbons (Fsp3) is 0.947. The standard InChI is InChI=1S/C19H38N4O4S/c1-3-14-28(24,25)23-10-6-18(7-11-23)22-19(20-4-2)21-9-5-12-26-15-17-8-13-27-16-17/h17-18H,3-16H2,1-2H3,(H2,20,21,22). The Labute approximate surface area is 170 Å². The zero-order chi connectivity index (χ0) is 20.2. The van der Waals surface area contributed by atoms with Crippen LogP contribution in [0.4, 0.5) is 0 Å². The molecular formula is C19H38N4O4S. The maximum atomic E-state index is 12.2. The predicted octanol–water partition coefficient (Wildman–Crippen LogP) is 1.19. The molecule has 0 aromatic rings. The molecule has 0 spiro atoms. The van der Waals surface area contributed by atoms with Crippen LogP contribution < -0.4 is 10.6 Å². The molecule has 2 heterocycles. The summed E-state index contributed by atoms with van der Waals surface area (Å²) in [6, 6.07) is 0.254. The summed E-state index contributed by atoms with van der Waals surface area (Å²) < 4.78 is 37.1. The second-order valence-electron chi connectivity index (χ2n) is 7.55. The first kappa shape index (κ1) is 23.4. The smallest absolute Gasteiger partial charge is 0.214 e. The largest absolute Gasteiger partial charge is 0.381 e. The van der Waals surface area contributed by atoms with Crippen LogP contribution in [-0.4, -0.2) is 83.1 Å². The van der Waals surface area contributed by atoms with Gasteiger partial charge in [0.1, 0.15) is 0 Å². The molecule has 0 aliphatic carbocycles. The Morgan fingerprint density at radius 2 is 2.04 bits per heavy atom. The maximum absolute atomic E-state index is 12.2. The Morgan fingerprint density at radius 1 is 1.25 bits per heavy atom. The number of aliphatic imine (C=N–C) groups is 1. The molecule has 2 saturated heterocycles. The lowest BCUT2D eigenvalue weighted by Gasteiger charge is -2.32. The van der Waals surface area contributed by atoms with E-state index in [9.17, 15) is 8.42 Å². The minimum Gasteiger partial charge on any atom is -0.381 e. The van der Waals surface area contributed by atoms with Gasteiger partial charge in [-0.25, -0.2) is 12.7 Å². The van der Waals surface area contributed by atoms with Crippen molar-refractivity contribution in [2.75, 3.05) is 58.4 Å². The number of sulfonamides is 1. The second-order valence-corrected chi connectivity index (χ2v) is 9.64. The van der Waals surface area contributed by atoms with Crippen LogP contribution in [0.1, 0.15) is 46.0 Å². The third kappa shape index (κ3) is 8.23. The molecule has 0 aromatic carbocycles. The Balaban J connectivity index is 1.66.